The number of tetrazole rings is 1. The summed E-state index contributed by atoms with van der Waals surface area (Å²) in [6, 6.07) is 0. The Morgan fingerprint density at radius 2 is 2.26 bits per heavy atom. The lowest BCUT2D eigenvalue weighted by molar-refractivity contribution is -0.153. The number of nitrogens with zero attached hydrogens (tertiary/aromatic N) is 8. The smallest absolute Gasteiger partial charge is 0.353 e. The Kier molecular flexibility index (Phi) is 6.28. The van der Waals surface area contributed by atoms with Crippen molar-refractivity contribution in [1.82, 2.24) is 39.8 Å². The van der Waals surface area contributed by atoms with Gasteiger partial charge in [0, 0.05) is 35.3 Å². The molecule has 1 saturated heterocycles. The van der Waals surface area contributed by atoms with Gasteiger partial charge in [0.05, 0.1) is 0 Å². The van der Waals surface area contributed by atoms with E-state index < -0.39 is 28.7 Å². The second kappa shape index (κ2) is 9.03. The zero-order valence-corrected chi connectivity index (χ0v) is 20.0. The number of nitrogens with one attached hydrogen (secondary N) is 1. The number of thiocarbonyl (C=S) groups is 1. The van der Waals surface area contributed by atoms with Crippen molar-refractivity contribution < 1.29 is 24.3 Å². The summed E-state index contributed by atoms with van der Waals surface area (Å²) in [5, 5.41) is 27.7. The molecule has 2 aliphatic heterocycles. The number of nitrogen functional groups attached to an aromatic ring is 1. The number of carbonyl (C=O) groups is 3. The molecule has 1 unspecified atom stereocenters. The van der Waals surface area contributed by atoms with Gasteiger partial charge in [-0.15, -0.1) is 16.9 Å². The van der Waals surface area contributed by atoms with E-state index in [4.69, 9.17) is 22.8 Å². The molecule has 4 N–H and O–H groups in total. The summed E-state index contributed by atoms with van der Waals surface area (Å²) in [7, 11) is 1.55. The van der Waals surface area contributed by atoms with Crippen molar-refractivity contribution >= 4 is 75.1 Å². The monoisotopic (exact) mass is 524 g/mol. The SMILES string of the molecule is CCON=C(C(=O)NC1(C=S)C(=O)N2C(C(=O)O)=C(c3nnnn3C)CS[C@H]21)c1nsc(N)n1. The van der Waals surface area contributed by atoms with Crippen LogP contribution in [-0.2, 0) is 26.3 Å². The molecular formula is C16H16N10O5S3. The number of nitrogens with two attached hydrogens (primary N) is 1. The number of thioether (sulfide) groups is 1. The maximum atomic E-state index is 13.3. The summed E-state index contributed by atoms with van der Waals surface area (Å²) in [4.78, 5) is 48.5. The van der Waals surface area contributed by atoms with E-state index in [-0.39, 0.29) is 46.1 Å². The number of aliphatic carboxylic acids is 1. The van der Waals surface area contributed by atoms with Crippen LogP contribution in [0.3, 0.4) is 0 Å². The predicted molar refractivity (Wildman–Crippen MR) is 123 cm³/mol. The number of β-lactam (4-membered cyclic amide) rings is 1. The zero-order chi connectivity index (χ0) is 24.6. The molecule has 0 aromatic carbocycles. The molecule has 15 nitrogen and oxygen atoms in total. The second-order valence-electron chi connectivity index (χ2n) is 6.85. The van der Waals surface area contributed by atoms with Crippen molar-refractivity contribution in [3.05, 3.63) is 17.3 Å². The predicted octanol–water partition coefficient (Wildman–Crippen LogP) is -1.35. The highest BCUT2D eigenvalue weighted by Crippen LogP contribution is 2.47. The molecule has 2 aromatic heterocycles. The van der Waals surface area contributed by atoms with Gasteiger partial charge in [-0.2, -0.15) is 9.36 Å². The highest BCUT2D eigenvalue weighted by molar-refractivity contribution is 8.00. The molecular weight excluding hydrogens is 508 g/mol. The molecule has 34 heavy (non-hydrogen) atoms. The number of aryl methyl sites for hydroxylation is 1. The van der Waals surface area contributed by atoms with Crippen LogP contribution in [0.2, 0.25) is 0 Å². The Balaban J connectivity index is 1.68. The molecule has 18 heteroatoms. The number of carbonyl (C=O) groups excluding carboxylic acids is 2. The fraction of sp³-hybridized carbons (Fsp3) is 0.375. The number of amides is 2. The first-order valence-corrected chi connectivity index (χ1v) is 11.8. The minimum absolute atomic E-state index is 0.0870. The van der Waals surface area contributed by atoms with Crippen LogP contribution in [0.5, 0.6) is 0 Å². The van der Waals surface area contributed by atoms with Crippen molar-refractivity contribution in [2.75, 3.05) is 18.1 Å². The molecule has 2 aromatic rings. The third-order valence-electron chi connectivity index (χ3n) is 4.86. The summed E-state index contributed by atoms with van der Waals surface area (Å²) in [5.41, 5.74) is 3.59. The molecule has 1 fully saturated rings. The molecule has 0 aliphatic carbocycles. The average Bonchev–Trinajstić information content (AvgIpc) is 3.44. The van der Waals surface area contributed by atoms with Gasteiger partial charge < -0.3 is 21.0 Å². The number of carboxylic acids is 1. The van der Waals surface area contributed by atoms with E-state index in [2.05, 4.69) is 35.4 Å². The average molecular weight is 525 g/mol. The minimum Gasteiger partial charge on any atom is -0.477 e. The molecule has 0 spiro atoms. The summed E-state index contributed by atoms with van der Waals surface area (Å²) < 4.78 is 5.27. The van der Waals surface area contributed by atoms with Crippen molar-refractivity contribution in [2.45, 2.75) is 17.8 Å². The second-order valence-corrected chi connectivity index (χ2v) is 8.94. The molecule has 2 aliphatic rings. The lowest BCUT2D eigenvalue weighted by Gasteiger charge is -2.55. The van der Waals surface area contributed by atoms with E-state index in [1.165, 1.54) is 16.4 Å². The van der Waals surface area contributed by atoms with E-state index >= 15 is 0 Å². The van der Waals surface area contributed by atoms with E-state index in [9.17, 15) is 19.5 Å². The number of hydrogen-bond acceptors (Lipinski definition) is 14. The van der Waals surface area contributed by atoms with Crippen molar-refractivity contribution in [3.8, 4) is 0 Å². The van der Waals surface area contributed by atoms with Crippen molar-refractivity contribution in [1.29, 1.82) is 0 Å². The van der Waals surface area contributed by atoms with Gasteiger partial charge in [0.15, 0.2) is 16.5 Å². The van der Waals surface area contributed by atoms with Crippen LogP contribution in [-0.4, -0.2) is 91.7 Å². The van der Waals surface area contributed by atoms with Gasteiger partial charge in [-0.25, -0.2) is 9.48 Å². The van der Waals surface area contributed by atoms with E-state index in [0.717, 1.165) is 21.8 Å². The van der Waals surface area contributed by atoms with Gasteiger partial charge in [0.2, 0.25) is 11.5 Å². The Hall–Kier alpha value is -3.51. The molecule has 4 rings (SSSR count). The van der Waals surface area contributed by atoms with Crippen LogP contribution >= 0.6 is 35.5 Å². The van der Waals surface area contributed by atoms with Crippen LogP contribution in [0.15, 0.2) is 10.9 Å². The largest absolute Gasteiger partial charge is 0.477 e. The number of fused-ring (bicyclic) bond motifs is 1. The number of aromatic nitrogens is 6. The van der Waals surface area contributed by atoms with Crippen LogP contribution in [0.25, 0.3) is 5.57 Å². The summed E-state index contributed by atoms with van der Waals surface area (Å²) in [6.45, 7) is 1.82. The van der Waals surface area contributed by atoms with Crippen LogP contribution in [0.4, 0.5) is 5.13 Å². The lowest BCUT2D eigenvalue weighted by atomic mass is 9.87. The van der Waals surface area contributed by atoms with E-state index in [0.29, 0.717) is 0 Å². The Morgan fingerprint density at radius 1 is 1.50 bits per heavy atom. The van der Waals surface area contributed by atoms with E-state index in [1.807, 2.05) is 0 Å². The molecule has 4 heterocycles. The summed E-state index contributed by atoms with van der Waals surface area (Å²) >= 11 is 7.16. The number of rotatable bonds is 8. The van der Waals surface area contributed by atoms with Gasteiger partial charge in [-0.3, -0.25) is 14.5 Å². The first-order chi connectivity index (χ1) is 16.2. The fourth-order valence-electron chi connectivity index (χ4n) is 3.38. The normalized spacial score (nSPS) is 22.2. The minimum atomic E-state index is -1.68. The van der Waals surface area contributed by atoms with Gasteiger partial charge >= 0.3 is 5.97 Å². The molecule has 0 radical (unpaired) electrons. The van der Waals surface area contributed by atoms with E-state index in [1.54, 1.807) is 14.0 Å². The molecule has 0 bridgehead atoms. The van der Waals surface area contributed by atoms with Crippen LogP contribution in [0, 0.1) is 0 Å². The first-order valence-electron chi connectivity index (χ1n) is 9.47. The van der Waals surface area contributed by atoms with Crippen LogP contribution < -0.4 is 11.1 Å². The first kappa shape index (κ1) is 23.6. The molecule has 2 atom stereocenters. The Bertz CT molecular complexity index is 1260. The number of carboxylic acid groups (broad SMARTS) is 1. The molecule has 2 amide bonds. The Labute approximate surface area is 204 Å². The number of oxime groups is 1. The highest BCUT2D eigenvalue weighted by Gasteiger charge is 2.65. The summed E-state index contributed by atoms with van der Waals surface area (Å²) in [6.07, 6.45) is 0. The number of hydrogen-bond donors (Lipinski definition) is 3. The van der Waals surface area contributed by atoms with Crippen molar-refractivity contribution in [3.63, 3.8) is 0 Å². The van der Waals surface area contributed by atoms with Crippen molar-refractivity contribution in [2.24, 2.45) is 12.2 Å². The third-order valence-corrected chi connectivity index (χ3v) is 7.13. The fourth-order valence-corrected chi connectivity index (χ4v) is 5.62. The maximum absolute atomic E-state index is 13.3. The Morgan fingerprint density at radius 3 is 2.82 bits per heavy atom. The maximum Gasteiger partial charge on any atom is 0.353 e. The third kappa shape index (κ3) is 3.68. The van der Waals surface area contributed by atoms with Crippen LogP contribution in [0.1, 0.15) is 18.6 Å². The quantitative estimate of drug-likeness (QED) is 0.158. The summed E-state index contributed by atoms with van der Waals surface area (Å²) in [5.74, 6) is -2.66. The lowest BCUT2D eigenvalue weighted by Crippen LogP contribution is -2.80. The topological polar surface area (TPSA) is 204 Å². The van der Waals surface area contributed by atoms with Gasteiger partial charge in [-0.1, -0.05) is 17.4 Å². The molecule has 0 saturated carbocycles. The standard InChI is InChI=1S/C16H16N10O5S3/c1-3-31-21-7(9-18-15(17)34-22-9)11(27)19-16(5-32)13(30)26-8(12(28)29)6(4-33-14(16)26)10-20-23-24-25(10)2/h5,14H,3-4H2,1-2H3,(H,19,27)(H,28,29)(H2,17,18,22)/t14-,16?/m0/s1. The van der Waals surface area contributed by atoms with Gasteiger partial charge in [0.25, 0.3) is 11.8 Å². The number of anilines is 1. The van der Waals surface area contributed by atoms with Gasteiger partial charge in [-0.05, 0) is 17.4 Å². The zero-order valence-electron chi connectivity index (χ0n) is 17.5. The highest BCUT2D eigenvalue weighted by atomic mass is 32.2. The van der Waals surface area contributed by atoms with Gasteiger partial charge in [0.1, 0.15) is 17.7 Å². The molecule has 178 valence electrons.